The van der Waals surface area contributed by atoms with Gasteiger partial charge in [0, 0.05) is 29.8 Å². The van der Waals surface area contributed by atoms with Crippen LogP contribution in [-0.2, 0) is 5.75 Å². The van der Waals surface area contributed by atoms with Gasteiger partial charge in [-0.25, -0.2) is 18.6 Å². The van der Waals surface area contributed by atoms with Gasteiger partial charge < -0.3 is 24.8 Å². The van der Waals surface area contributed by atoms with Crippen LogP contribution in [0.15, 0.2) is 16.9 Å². The third kappa shape index (κ3) is 5.75. The first kappa shape index (κ1) is 23.7. The molecule has 1 aliphatic heterocycles. The molecule has 2 aliphatic rings. The summed E-state index contributed by atoms with van der Waals surface area (Å²) < 4.78 is 34.6. The van der Waals surface area contributed by atoms with Crippen LogP contribution in [0.2, 0.25) is 0 Å². The van der Waals surface area contributed by atoms with Crippen LogP contribution in [0.25, 0.3) is 10.9 Å². The molecule has 4 rings (SSSR count). The monoisotopic (exact) mass is 483 g/mol. The van der Waals surface area contributed by atoms with Gasteiger partial charge in [0.25, 0.3) is 5.56 Å². The zero-order chi connectivity index (χ0) is 23.5. The van der Waals surface area contributed by atoms with Crippen LogP contribution in [0, 0.1) is 11.7 Å². The van der Waals surface area contributed by atoms with Crippen LogP contribution in [0.5, 0.6) is 5.75 Å². The predicted molar refractivity (Wildman–Crippen MR) is 120 cm³/mol. The highest BCUT2D eigenvalue weighted by Crippen LogP contribution is 2.30. The standard InChI is InChI=1S/C22H27F2N3O5S/c23-16-7-14(32-10-12-5-6-27(22(30)31)9-17(12)24)8-18-20(16)21(29)26-19(25-18)11-33-15-3-1-13(28)2-4-15/h7-8,12-13,15,17,28H,1-6,9-11H2,(H,30,31)(H,25,26,29)/t12-,13?,15?,17+/m1/s1. The summed E-state index contributed by atoms with van der Waals surface area (Å²) in [5.74, 6) is -0.234. The van der Waals surface area contributed by atoms with Crippen LogP contribution < -0.4 is 10.3 Å². The van der Waals surface area contributed by atoms with E-state index in [1.54, 1.807) is 11.8 Å². The molecular formula is C22H27F2N3O5S. The number of nitrogens with one attached hydrogen (secondary N) is 1. The molecule has 1 saturated carbocycles. The van der Waals surface area contributed by atoms with Gasteiger partial charge in [-0.15, -0.1) is 0 Å². The van der Waals surface area contributed by atoms with Gasteiger partial charge in [-0.3, -0.25) is 4.79 Å². The Morgan fingerprint density at radius 2 is 2.03 bits per heavy atom. The lowest BCUT2D eigenvalue weighted by molar-refractivity contribution is 0.0551. The van der Waals surface area contributed by atoms with Gasteiger partial charge in [0.2, 0.25) is 0 Å². The molecule has 1 amide bonds. The van der Waals surface area contributed by atoms with E-state index in [2.05, 4.69) is 9.97 Å². The average molecular weight is 484 g/mol. The van der Waals surface area contributed by atoms with Crippen molar-refractivity contribution in [3.8, 4) is 5.75 Å². The van der Waals surface area contributed by atoms with E-state index in [0.29, 0.717) is 23.2 Å². The zero-order valence-corrected chi connectivity index (χ0v) is 18.8. The number of alkyl halides is 1. The number of aromatic nitrogens is 2. The minimum absolute atomic E-state index is 0.0288. The van der Waals surface area contributed by atoms with Crippen LogP contribution >= 0.6 is 11.8 Å². The maximum absolute atomic E-state index is 14.6. The molecule has 180 valence electrons. The SMILES string of the molecule is O=C(O)N1CC[C@H](COc2cc(F)c3c(=O)[nH]c(CSC4CCC(O)CC4)nc3c2)[C@@H](F)C1. The highest BCUT2D eigenvalue weighted by Gasteiger charge is 2.32. The van der Waals surface area contributed by atoms with Gasteiger partial charge >= 0.3 is 6.09 Å². The Morgan fingerprint density at radius 1 is 1.27 bits per heavy atom. The number of aromatic amines is 1. The Labute approximate surface area is 193 Å². The number of carboxylic acid groups (broad SMARTS) is 1. The first-order chi connectivity index (χ1) is 15.8. The number of nitrogens with zero attached hydrogens (tertiary/aromatic N) is 2. The molecule has 2 fully saturated rings. The molecule has 0 bridgehead atoms. The summed E-state index contributed by atoms with van der Waals surface area (Å²) in [5.41, 5.74) is -0.399. The lowest BCUT2D eigenvalue weighted by Crippen LogP contribution is -2.45. The second kappa shape index (κ2) is 10.3. The topological polar surface area (TPSA) is 116 Å². The van der Waals surface area contributed by atoms with E-state index < -0.39 is 29.6 Å². The minimum Gasteiger partial charge on any atom is -0.493 e. The summed E-state index contributed by atoms with van der Waals surface area (Å²) in [5, 5.41) is 18.8. The number of benzene rings is 1. The molecular weight excluding hydrogens is 456 g/mol. The first-order valence-corrected chi connectivity index (χ1v) is 12.1. The number of ether oxygens (including phenoxy) is 1. The number of amides is 1. The predicted octanol–water partition coefficient (Wildman–Crippen LogP) is 3.32. The summed E-state index contributed by atoms with van der Waals surface area (Å²) in [6, 6.07) is 2.55. The second-order valence-electron chi connectivity index (χ2n) is 8.66. The Balaban J connectivity index is 1.43. The highest BCUT2D eigenvalue weighted by molar-refractivity contribution is 7.99. The van der Waals surface area contributed by atoms with Crippen molar-refractivity contribution in [2.24, 2.45) is 5.92 Å². The molecule has 1 aromatic carbocycles. The summed E-state index contributed by atoms with van der Waals surface area (Å²) in [6.07, 6.45) is 0.876. The van der Waals surface area contributed by atoms with Crippen LogP contribution in [-0.4, -0.2) is 68.4 Å². The summed E-state index contributed by atoms with van der Waals surface area (Å²) >= 11 is 1.65. The lowest BCUT2D eigenvalue weighted by atomic mass is 9.96. The van der Waals surface area contributed by atoms with Crippen molar-refractivity contribution in [3.05, 3.63) is 34.1 Å². The third-order valence-corrected chi connectivity index (χ3v) is 7.68. The van der Waals surface area contributed by atoms with E-state index in [9.17, 15) is 23.5 Å². The number of piperidine rings is 1. The molecule has 0 unspecified atom stereocenters. The number of aliphatic hydroxyl groups is 1. The molecule has 8 nitrogen and oxygen atoms in total. The van der Waals surface area contributed by atoms with E-state index in [4.69, 9.17) is 9.84 Å². The van der Waals surface area contributed by atoms with Gasteiger partial charge in [0.1, 0.15) is 28.9 Å². The molecule has 0 spiro atoms. The van der Waals surface area contributed by atoms with Crippen LogP contribution in [0.1, 0.15) is 37.9 Å². The third-order valence-electron chi connectivity index (χ3n) is 6.29. The summed E-state index contributed by atoms with van der Waals surface area (Å²) in [7, 11) is 0. The molecule has 1 saturated heterocycles. The number of halogens is 2. The molecule has 33 heavy (non-hydrogen) atoms. The molecule has 2 heterocycles. The van der Waals surface area contributed by atoms with Crippen molar-refractivity contribution in [3.63, 3.8) is 0 Å². The van der Waals surface area contributed by atoms with Crippen molar-refractivity contribution >= 4 is 28.8 Å². The fraction of sp³-hybridized carbons (Fsp3) is 0.591. The molecule has 1 aromatic heterocycles. The maximum atomic E-state index is 14.6. The number of aliphatic hydroxyl groups excluding tert-OH is 1. The van der Waals surface area contributed by atoms with E-state index in [0.717, 1.165) is 36.6 Å². The van der Waals surface area contributed by atoms with Crippen molar-refractivity contribution in [1.82, 2.24) is 14.9 Å². The van der Waals surface area contributed by atoms with E-state index in [-0.39, 0.29) is 42.5 Å². The number of rotatable bonds is 6. The number of hydrogen-bond donors (Lipinski definition) is 3. The summed E-state index contributed by atoms with van der Waals surface area (Å²) in [4.78, 5) is 31.5. The number of carbonyl (C=O) groups is 1. The Kier molecular flexibility index (Phi) is 7.38. The number of thioether (sulfide) groups is 1. The minimum atomic E-state index is -1.37. The van der Waals surface area contributed by atoms with E-state index in [1.165, 1.54) is 6.07 Å². The number of likely N-dealkylation sites (tertiary alicyclic amines) is 1. The Bertz CT molecular complexity index is 1060. The Morgan fingerprint density at radius 3 is 2.73 bits per heavy atom. The summed E-state index contributed by atoms with van der Waals surface area (Å²) in [6.45, 7) is -0.0276. The molecule has 1 aliphatic carbocycles. The molecule has 0 radical (unpaired) electrons. The molecule has 3 N–H and O–H groups in total. The maximum Gasteiger partial charge on any atom is 0.407 e. The normalized spacial score (nSPS) is 25.8. The average Bonchev–Trinajstić information content (AvgIpc) is 2.77. The quantitative estimate of drug-likeness (QED) is 0.577. The van der Waals surface area contributed by atoms with Crippen molar-refractivity contribution in [2.75, 3.05) is 19.7 Å². The van der Waals surface area contributed by atoms with Gasteiger partial charge in [0.05, 0.1) is 30.5 Å². The fourth-order valence-corrected chi connectivity index (χ4v) is 5.46. The van der Waals surface area contributed by atoms with Crippen molar-refractivity contribution in [1.29, 1.82) is 0 Å². The van der Waals surface area contributed by atoms with Gasteiger partial charge in [-0.2, -0.15) is 11.8 Å². The Hall–Kier alpha value is -2.40. The van der Waals surface area contributed by atoms with Gasteiger partial charge in [0.15, 0.2) is 0 Å². The fourth-order valence-electron chi connectivity index (χ4n) is 4.33. The first-order valence-electron chi connectivity index (χ1n) is 11.1. The van der Waals surface area contributed by atoms with Gasteiger partial charge in [-0.1, -0.05) is 0 Å². The van der Waals surface area contributed by atoms with Crippen LogP contribution in [0.3, 0.4) is 0 Å². The highest BCUT2D eigenvalue weighted by atomic mass is 32.2. The number of hydrogen-bond acceptors (Lipinski definition) is 6. The van der Waals surface area contributed by atoms with Crippen molar-refractivity contribution < 1.29 is 28.5 Å². The van der Waals surface area contributed by atoms with Gasteiger partial charge in [-0.05, 0) is 32.1 Å². The lowest BCUT2D eigenvalue weighted by Gasteiger charge is -2.32. The molecule has 2 atom stereocenters. The number of fused-ring (bicyclic) bond motifs is 1. The van der Waals surface area contributed by atoms with E-state index in [1.807, 2.05) is 0 Å². The smallest absolute Gasteiger partial charge is 0.407 e. The van der Waals surface area contributed by atoms with Crippen molar-refractivity contribution in [2.45, 2.75) is 55.4 Å². The molecule has 11 heteroatoms. The number of H-pyrrole nitrogens is 1. The second-order valence-corrected chi connectivity index (χ2v) is 9.95. The van der Waals surface area contributed by atoms with E-state index >= 15 is 0 Å². The zero-order valence-electron chi connectivity index (χ0n) is 18.0. The van der Waals surface area contributed by atoms with Crippen LogP contribution in [0.4, 0.5) is 13.6 Å². The largest absolute Gasteiger partial charge is 0.493 e. The molecule has 2 aromatic rings.